The Morgan fingerprint density at radius 1 is 1.00 bits per heavy atom. The Bertz CT molecular complexity index is 1060. The van der Waals surface area contributed by atoms with Crippen molar-refractivity contribution in [3.05, 3.63) is 83.6 Å². The number of alkyl carbamates (subject to hydrolysis) is 1. The minimum atomic E-state index is -0.494. The van der Waals surface area contributed by atoms with Gasteiger partial charge in [0, 0.05) is 5.92 Å². The first-order valence-electron chi connectivity index (χ1n) is 9.27. The lowest BCUT2D eigenvalue weighted by molar-refractivity contribution is 0.144. The van der Waals surface area contributed by atoms with Gasteiger partial charge in [-0.1, -0.05) is 60.5 Å². The number of ether oxygens (including phenoxy) is 1. The highest BCUT2D eigenvalue weighted by molar-refractivity contribution is 5.79. The number of aromatic nitrogens is 1. The molecule has 3 aromatic rings. The first-order chi connectivity index (χ1) is 14.3. The van der Waals surface area contributed by atoms with E-state index in [1.54, 1.807) is 18.2 Å². The first kappa shape index (κ1) is 18.5. The van der Waals surface area contributed by atoms with E-state index in [0.29, 0.717) is 11.5 Å². The number of hydrogen-bond acceptors (Lipinski definition) is 5. The van der Waals surface area contributed by atoms with Crippen molar-refractivity contribution in [3.63, 3.8) is 0 Å². The molecule has 2 aromatic carbocycles. The van der Waals surface area contributed by atoms with E-state index < -0.39 is 6.09 Å². The highest BCUT2D eigenvalue weighted by atomic mass is 16.5. The van der Waals surface area contributed by atoms with Crippen LogP contribution >= 0.6 is 0 Å². The maximum Gasteiger partial charge on any atom is 0.407 e. The van der Waals surface area contributed by atoms with E-state index in [0.717, 1.165) is 0 Å². The van der Waals surface area contributed by atoms with Gasteiger partial charge in [0.25, 0.3) is 0 Å². The number of nitrogens with zero attached hydrogens (tertiary/aromatic N) is 1. The molecule has 0 atom stereocenters. The molecule has 4 rings (SSSR count). The lowest BCUT2D eigenvalue weighted by atomic mass is 9.98. The van der Waals surface area contributed by atoms with Crippen LogP contribution in [0.25, 0.3) is 11.1 Å². The second kappa shape index (κ2) is 8.46. The molecule has 6 heteroatoms. The van der Waals surface area contributed by atoms with Crippen molar-refractivity contribution in [1.29, 1.82) is 0 Å². The van der Waals surface area contributed by atoms with Crippen molar-refractivity contribution in [2.75, 3.05) is 18.6 Å². The number of fused-ring (bicyclic) bond motifs is 3. The van der Waals surface area contributed by atoms with E-state index in [2.05, 4.69) is 51.8 Å². The molecular formula is C23H20N4O2. The van der Waals surface area contributed by atoms with Gasteiger partial charge in [0.2, 0.25) is 0 Å². The Labute approximate surface area is 169 Å². The lowest BCUT2D eigenvalue weighted by Gasteiger charge is -2.14. The number of carbonyl (C=O) groups is 1. The molecule has 6 nitrogen and oxygen atoms in total. The third-order valence-corrected chi connectivity index (χ3v) is 4.78. The summed E-state index contributed by atoms with van der Waals surface area (Å²) in [7, 11) is 0. The molecule has 1 aliphatic rings. The van der Waals surface area contributed by atoms with Gasteiger partial charge in [0.15, 0.2) is 0 Å². The number of rotatable bonds is 4. The van der Waals surface area contributed by atoms with Gasteiger partial charge in [0.1, 0.15) is 18.1 Å². The Morgan fingerprint density at radius 2 is 1.69 bits per heavy atom. The van der Waals surface area contributed by atoms with Gasteiger partial charge in [-0.05, 0) is 40.3 Å². The summed E-state index contributed by atoms with van der Waals surface area (Å²) in [4.78, 5) is 16.3. The molecule has 1 amide bonds. The Morgan fingerprint density at radius 3 is 2.38 bits per heavy atom. The maximum absolute atomic E-state index is 12.1. The summed E-state index contributed by atoms with van der Waals surface area (Å²) in [6, 6.07) is 21.8. The van der Waals surface area contributed by atoms with E-state index in [-0.39, 0.29) is 19.1 Å². The zero-order chi connectivity index (χ0) is 20.1. The molecular weight excluding hydrogens is 364 g/mol. The van der Waals surface area contributed by atoms with Gasteiger partial charge in [0.05, 0.1) is 6.54 Å². The zero-order valence-electron chi connectivity index (χ0n) is 15.7. The quantitative estimate of drug-likeness (QED) is 0.365. The van der Waals surface area contributed by atoms with Gasteiger partial charge in [-0.3, -0.25) is 0 Å². The lowest BCUT2D eigenvalue weighted by Crippen LogP contribution is -2.26. The summed E-state index contributed by atoms with van der Waals surface area (Å²) < 4.78 is 5.47. The Kier molecular flexibility index (Phi) is 5.41. The van der Waals surface area contributed by atoms with Crippen LogP contribution in [0.4, 0.5) is 10.6 Å². The molecule has 0 saturated heterocycles. The molecule has 0 unspecified atom stereocenters. The van der Waals surface area contributed by atoms with Crippen LogP contribution in [-0.2, 0) is 4.74 Å². The molecule has 1 aromatic heterocycles. The van der Waals surface area contributed by atoms with Crippen LogP contribution in [0, 0.1) is 11.8 Å². The van der Waals surface area contributed by atoms with Gasteiger partial charge in [-0.25, -0.2) is 15.6 Å². The third kappa shape index (κ3) is 4.05. The van der Waals surface area contributed by atoms with Crippen molar-refractivity contribution >= 4 is 11.9 Å². The van der Waals surface area contributed by atoms with Crippen LogP contribution in [0.3, 0.4) is 0 Å². The summed E-state index contributed by atoms with van der Waals surface area (Å²) >= 11 is 0. The summed E-state index contributed by atoms with van der Waals surface area (Å²) in [5, 5.41) is 2.65. The normalized spacial score (nSPS) is 11.6. The van der Waals surface area contributed by atoms with Crippen LogP contribution in [-0.4, -0.2) is 24.2 Å². The number of nitrogens with two attached hydrogens (primary N) is 1. The SMILES string of the molecule is NNc1cccc(C#CCNC(=O)OCC2c3ccccc3-c3ccccc32)n1. The molecule has 1 heterocycles. The molecule has 29 heavy (non-hydrogen) atoms. The van der Waals surface area contributed by atoms with Crippen LogP contribution in [0.1, 0.15) is 22.7 Å². The number of carbonyl (C=O) groups excluding carboxylic acids is 1. The van der Waals surface area contributed by atoms with Crippen molar-refractivity contribution < 1.29 is 9.53 Å². The summed E-state index contributed by atoms with van der Waals surface area (Å²) in [5.41, 5.74) is 7.79. The number of hydrazine groups is 1. The van der Waals surface area contributed by atoms with Crippen LogP contribution in [0.15, 0.2) is 66.7 Å². The zero-order valence-corrected chi connectivity index (χ0v) is 15.7. The number of nitrogens with one attached hydrogen (secondary N) is 2. The van der Waals surface area contributed by atoms with Gasteiger partial charge in [-0.15, -0.1) is 0 Å². The van der Waals surface area contributed by atoms with E-state index in [4.69, 9.17) is 10.6 Å². The summed E-state index contributed by atoms with van der Waals surface area (Å²) in [5.74, 6) is 11.6. The smallest absolute Gasteiger partial charge is 0.407 e. The second-order valence-corrected chi connectivity index (χ2v) is 6.53. The highest BCUT2D eigenvalue weighted by Crippen LogP contribution is 2.44. The monoisotopic (exact) mass is 384 g/mol. The number of amides is 1. The molecule has 0 radical (unpaired) electrons. The van der Waals surface area contributed by atoms with E-state index in [9.17, 15) is 4.79 Å². The summed E-state index contributed by atoms with van der Waals surface area (Å²) in [6.07, 6.45) is -0.494. The van der Waals surface area contributed by atoms with E-state index in [1.807, 2.05) is 24.3 Å². The predicted octanol–water partition coefficient (Wildman–Crippen LogP) is 3.26. The van der Waals surface area contributed by atoms with Crippen molar-refractivity contribution in [2.45, 2.75) is 5.92 Å². The van der Waals surface area contributed by atoms with E-state index in [1.165, 1.54) is 22.3 Å². The van der Waals surface area contributed by atoms with Crippen LogP contribution < -0.4 is 16.6 Å². The summed E-state index contributed by atoms with van der Waals surface area (Å²) in [6.45, 7) is 0.442. The van der Waals surface area contributed by atoms with Crippen LogP contribution in [0.2, 0.25) is 0 Å². The minimum absolute atomic E-state index is 0.0370. The van der Waals surface area contributed by atoms with Crippen molar-refractivity contribution in [3.8, 4) is 23.0 Å². The average molecular weight is 384 g/mol. The fourth-order valence-corrected chi connectivity index (χ4v) is 3.49. The molecule has 144 valence electrons. The van der Waals surface area contributed by atoms with Crippen molar-refractivity contribution in [2.24, 2.45) is 5.84 Å². The maximum atomic E-state index is 12.1. The highest BCUT2D eigenvalue weighted by Gasteiger charge is 2.28. The molecule has 1 aliphatic carbocycles. The fourth-order valence-electron chi connectivity index (χ4n) is 3.49. The van der Waals surface area contributed by atoms with E-state index >= 15 is 0 Å². The largest absolute Gasteiger partial charge is 0.449 e. The van der Waals surface area contributed by atoms with Gasteiger partial charge in [-0.2, -0.15) is 0 Å². The molecule has 0 spiro atoms. The minimum Gasteiger partial charge on any atom is -0.449 e. The fraction of sp³-hybridized carbons (Fsp3) is 0.130. The number of hydrogen-bond donors (Lipinski definition) is 3. The molecule has 0 aliphatic heterocycles. The molecule has 0 bridgehead atoms. The standard InChI is InChI=1S/C23H20N4O2/c24-27-22-13-5-7-16(26-22)8-6-14-25-23(28)29-15-21-19-11-3-1-9-17(19)18-10-2-4-12-20(18)21/h1-5,7,9-13,21H,14-15,24H2,(H,25,28)(H,26,27). The van der Waals surface area contributed by atoms with Crippen LogP contribution in [0.5, 0.6) is 0 Å². The number of anilines is 1. The number of pyridine rings is 1. The van der Waals surface area contributed by atoms with Crippen molar-refractivity contribution in [1.82, 2.24) is 10.3 Å². The first-order valence-corrected chi connectivity index (χ1v) is 9.27. The van der Waals surface area contributed by atoms with Gasteiger partial charge >= 0.3 is 6.09 Å². The molecule has 4 N–H and O–H groups in total. The predicted molar refractivity (Wildman–Crippen MR) is 112 cm³/mol. The molecule has 0 saturated carbocycles. The molecule has 0 fully saturated rings. The van der Waals surface area contributed by atoms with Gasteiger partial charge < -0.3 is 15.5 Å². The number of nitrogen functional groups attached to an aromatic ring is 1. The Hall–Kier alpha value is -3.82. The second-order valence-electron chi connectivity index (χ2n) is 6.53. The third-order valence-electron chi connectivity index (χ3n) is 4.78. The number of benzene rings is 2. The average Bonchev–Trinajstić information content (AvgIpc) is 3.09. The topological polar surface area (TPSA) is 89.3 Å². The Balaban J connectivity index is 1.34.